The fourth-order valence-corrected chi connectivity index (χ4v) is 5.38. The number of nitrogens with one attached hydrogen (secondary N) is 2. The van der Waals surface area contributed by atoms with Gasteiger partial charge < -0.3 is 20.4 Å². The van der Waals surface area contributed by atoms with Gasteiger partial charge in [-0.25, -0.2) is 22.7 Å². The molecule has 4 rings (SSSR count). The fourth-order valence-electron chi connectivity index (χ4n) is 4.34. The molecule has 11 heteroatoms. The van der Waals surface area contributed by atoms with Crippen molar-refractivity contribution in [1.29, 1.82) is 0 Å². The van der Waals surface area contributed by atoms with Gasteiger partial charge in [-0.15, -0.1) is 0 Å². The molecule has 0 bridgehead atoms. The normalized spacial score (nSPS) is 14.9. The van der Waals surface area contributed by atoms with Crippen LogP contribution in [-0.4, -0.2) is 79.9 Å². The molecule has 1 fully saturated rings. The van der Waals surface area contributed by atoms with Crippen LogP contribution in [0.2, 0.25) is 0 Å². The molecule has 1 aromatic carbocycles. The summed E-state index contributed by atoms with van der Waals surface area (Å²) < 4.78 is 26.8. The van der Waals surface area contributed by atoms with Gasteiger partial charge in [-0.05, 0) is 65.0 Å². The molecule has 1 saturated heterocycles. The number of para-hydroxylation sites is 1. The van der Waals surface area contributed by atoms with E-state index in [4.69, 9.17) is 4.98 Å². The van der Waals surface area contributed by atoms with Crippen molar-refractivity contribution >= 4 is 39.0 Å². The van der Waals surface area contributed by atoms with Crippen molar-refractivity contribution in [2.24, 2.45) is 0 Å². The molecule has 1 aliphatic rings. The van der Waals surface area contributed by atoms with Gasteiger partial charge in [0.1, 0.15) is 16.5 Å². The Hall–Kier alpha value is -3.28. The SMILES string of the molecule is Cc1cnc(Nc2ccc(N3CCC(N(C)C)CC3)nc2C)nc1Nc1ccccc1S(=O)(=O)N(C)C. The standard InChI is InChI=1S/C26H36N8O2S/c1-18-17-27-26(31-25(18)29-22-9-7-8-10-23(22)37(35,36)33(5)6)30-21-11-12-24(28-19(21)2)34-15-13-20(14-16-34)32(3)4/h7-12,17,20H,13-16H2,1-6H3,(H2,27,29,30,31). The van der Waals surface area contributed by atoms with Crippen LogP contribution in [0.3, 0.4) is 0 Å². The first kappa shape index (κ1) is 26.8. The quantitative estimate of drug-likeness (QED) is 0.455. The molecule has 0 aliphatic carbocycles. The minimum atomic E-state index is -3.63. The third-order valence-corrected chi connectivity index (χ3v) is 8.58. The van der Waals surface area contributed by atoms with E-state index in [0.29, 0.717) is 23.5 Å². The van der Waals surface area contributed by atoms with Gasteiger partial charge >= 0.3 is 0 Å². The summed E-state index contributed by atoms with van der Waals surface area (Å²) in [6.07, 6.45) is 3.95. The fraction of sp³-hybridized carbons (Fsp3) is 0.423. The van der Waals surface area contributed by atoms with Crippen molar-refractivity contribution in [1.82, 2.24) is 24.2 Å². The van der Waals surface area contributed by atoms with Gasteiger partial charge in [-0.2, -0.15) is 4.98 Å². The molecule has 3 heterocycles. The van der Waals surface area contributed by atoms with E-state index in [1.165, 1.54) is 18.4 Å². The summed E-state index contributed by atoms with van der Waals surface area (Å²) in [6, 6.07) is 11.4. The van der Waals surface area contributed by atoms with E-state index in [-0.39, 0.29) is 4.90 Å². The second-order valence-electron chi connectivity index (χ2n) is 9.74. The molecule has 1 aliphatic heterocycles. The summed E-state index contributed by atoms with van der Waals surface area (Å²) in [7, 11) is 3.68. The van der Waals surface area contributed by atoms with Crippen molar-refractivity contribution in [2.45, 2.75) is 37.6 Å². The monoisotopic (exact) mass is 524 g/mol. The molecule has 0 radical (unpaired) electrons. The molecule has 10 nitrogen and oxygen atoms in total. The summed E-state index contributed by atoms with van der Waals surface area (Å²) >= 11 is 0. The third kappa shape index (κ3) is 6.00. The highest BCUT2D eigenvalue weighted by Crippen LogP contribution is 2.29. The largest absolute Gasteiger partial charge is 0.356 e. The molecule has 2 N–H and O–H groups in total. The Morgan fingerprint density at radius 3 is 2.27 bits per heavy atom. The first-order valence-corrected chi connectivity index (χ1v) is 13.8. The highest BCUT2D eigenvalue weighted by atomic mass is 32.2. The summed E-state index contributed by atoms with van der Waals surface area (Å²) in [4.78, 5) is 18.7. The Labute approximate surface area is 219 Å². The van der Waals surface area contributed by atoms with E-state index in [1.54, 1.807) is 30.5 Å². The summed E-state index contributed by atoms with van der Waals surface area (Å²) in [5.74, 6) is 1.89. The lowest BCUT2D eigenvalue weighted by Gasteiger charge is -2.36. The first-order chi connectivity index (χ1) is 17.6. The highest BCUT2D eigenvalue weighted by molar-refractivity contribution is 7.89. The molecule has 0 spiro atoms. The zero-order valence-corrected chi connectivity index (χ0v) is 23.2. The van der Waals surface area contributed by atoms with Crippen molar-refractivity contribution < 1.29 is 8.42 Å². The lowest BCUT2D eigenvalue weighted by Crippen LogP contribution is -2.42. The van der Waals surface area contributed by atoms with Crippen LogP contribution < -0.4 is 15.5 Å². The van der Waals surface area contributed by atoms with E-state index >= 15 is 0 Å². The lowest BCUT2D eigenvalue weighted by molar-refractivity contribution is 0.249. The van der Waals surface area contributed by atoms with Gasteiger partial charge in [0.2, 0.25) is 16.0 Å². The smallest absolute Gasteiger partial charge is 0.244 e. The molecule has 0 atom stereocenters. The van der Waals surface area contributed by atoms with Gasteiger partial charge in [-0.1, -0.05) is 12.1 Å². The first-order valence-electron chi connectivity index (χ1n) is 12.3. The van der Waals surface area contributed by atoms with Crippen LogP contribution in [0, 0.1) is 13.8 Å². The number of sulfonamides is 1. The maximum Gasteiger partial charge on any atom is 0.244 e. The number of nitrogens with zero attached hydrogens (tertiary/aromatic N) is 6. The van der Waals surface area contributed by atoms with Gasteiger partial charge in [0.25, 0.3) is 0 Å². The number of pyridine rings is 1. The summed E-state index contributed by atoms with van der Waals surface area (Å²) in [5.41, 5.74) is 2.91. The minimum Gasteiger partial charge on any atom is -0.356 e. The Bertz CT molecular complexity index is 1350. The third-order valence-electron chi connectivity index (χ3n) is 6.71. The summed E-state index contributed by atoms with van der Waals surface area (Å²) in [5, 5.41) is 6.45. The predicted octanol–water partition coefficient (Wildman–Crippen LogP) is 3.76. The average molecular weight is 525 g/mol. The van der Waals surface area contributed by atoms with Gasteiger partial charge in [0.15, 0.2) is 0 Å². The number of hydrogen-bond donors (Lipinski definition) is 2. The van der Waals surface area contributed by atoms with Gasteiger partial charge in [0.05, 0.1) is 17.1 Å². The zero-order chi connectivity index (χ0) is 26.7. The maximum atomic E-state index is 12.8. The van der Waals surface area contributed by atoms with Crippen LogP contribution in [-0.2, 0) is 10.0 Å². The number of piperidine rings is 1. The van der Waals surface area contributed by atoms with E-state index < -0.39 is 10.0 Å². The van der Waals surface area contributed by atoms with Crippen LogP contribution in [0.4, 0.5) is 29.0 Å². The average Bonchev–Trinajstić information content (AvgIpc) is 2.87. The summed E-state index contributed by atoms with van der Waals surface area (Å²) in [6.45, 7) is 5.82. The molecule has 3 aromatic rings. The van der Waals surface area contributed by atoms with E-state index in [0.717, 1.165) is 48.7 Å². The Morgan fingerprint density at radius 1 is 0.919 bits per heavy atom. The van der Waals surface area contributed by atoms with Crippen LogP contribution in [0.15, 0.2) is 47.5 Å². The predicted molar refractivity (Wildman–Crippen MR) is 149 cm³/mol. The Balaban J connectivity index is 1.52. The maximum absolute atomic E-state index is 12.8. The molecule has 2 aromatic heterocycles. The number of anilines is 5. The number of aromatic nitrogens is 3. The van der Waals surface area contributed by atoms with E-state index in [2.05, 4.69) is 44.5 Å². The lowest BCUT2D eigenvalue weighted by atomic mass is 10.0. The molecule has 0 saturated carbocycles. The van der Waals surface area contributed by atoms with Gasteiger partial charge in [-0.3, -0.25) is 0 Å². The molecule has 0 unspecified atom stereocenters. The molecular formula is C26H36N8O2S. The number of aryl methyl sites for hydroxylation is 2. The van der Waals surface area contributed by atoms with Crippen molar-refractivity contribution in [2.75, 3.05) is 56.8 Å². The second-order valence-corrected chi connectivity index (χ2v) is 11.9. The van der Waals surface area contributed by atoms with Crippen LogP contribution in [0.1, 0.15) is 24.1 Å². The Morgan fingerprint density at radius 2 is 1.62 bits per heavy atom. The van der Waals surface area contributed by atoms with Gasteiger partial charge in [0, 0.05) is 45.0 Å². The zero-order valence-electron chi connectivity index (χ0n) is 22.4. The topological polar surface area (TPSA) is 107 Å². The van der Waals surface area contributed by atoms with Crippen molar-refractivity contribution in [3.05, 3.63) is 53.9 Å². The Kier molecular flexibility index (Phi) is 7.96. The molecular weight excluding hydrogens is 488 g/mol. The molecule has 0 amide bonds. The van der Waals surface area contributed by atoms with Crippen molar-refractivity contribution in [3.8, 4) is 0 Å². The van der Waals surface area contributed by atoms with Crippen LogP contribution in [0.5, 0.6) is 0 Å². The van der Waals surface area contributed by atoms with Crippen LogP contribution >= 0.6 is 0 Å². The van der Waals surface area contributed by atoms with E-state index in [9.17, 15) is 8.42 Å². The second kappa shape index (κ2) is 11.0. The molecule has 37 heavy (non-hydrogen) atoms. The molecule has 198 valence electrons. The highest BCUT2D eigenvalue weighted by Gasteiger charge is 2.23. The minimum absolute atomic E-state index is 0.178. The van der Waals surface area contributed by atoms with Crippen LogP contribution in [0.25, 0.3) is 0 Å². The van der Waals surface area contributed by atoms with Crippen molar-refractivity contribution in [3.63, 3.8) is 0 Å². The number of rotatable bonds is 8. The van der Waals surface area contributed by atoms with E-state index in [1.807, 2.05) is 26.0 Å². The number of hydrogen-bond acceptors (Lipinski definition) is 9. The number of benzene rings is 1.